The molecule has 24 heavy (non-hydrogen) atoms. The number of aliphatic carboxylic acids is 1. The standard InChI is InChI=1S/C18H26N2O4/c1-6-13-14(12(5)21)11(4)19-15(13)16(22)20-8-7-18(9-20,10(2)3)17(23)24/h10,19H,6-9H2,1-5H3,(H,23,24). The van der Waals surface area contributed by atoms with E-state index < -0.39 is 11.4 Å². The summed E-state index contributed by atoms with van der Waals surface area (Å²) in [5, 5.41) is 9.64. The first kappa shape index (κ1) is 18.2. The summed E-state index contributed by atoms with van der Waals surface area (Å²) < 4.78 is 0. The van der Waals surface area contributed by atoms with E-state index in [2.05, 4.69) is 4.98 Å². The number of aromatic nitrogens is 1. The second-order valence-corrected chi connectivity index (χ2v) is 6.98. The zero-order valence-corrected chi connectivity index (χ0v) is 15.0. The highest BCUT2D eigenvalue weighted by Gasteiger charge is 2.48. The average Bonchev–Trinajstić information content (AvgIpc) is 3.08. The Hall–Kier alpha value is -2.11. The Morgan fingerprint density at radius 2 is 1.96 bits per heavy atom. The Morgan fingerprint density at radius 3 is 2.38 bits per heavy atom. The molecule has 1 aromatic heterocycles. The minimum atomic E-state index is -0.896. The molecule has 1 saturated heterocycles. The minimum Gasteiger partial charge on any atom is -0.481 e. The Morgan fingerprint density at radius 1 is 1.33 bits per heavy atom. The van der Waals surface area contributed by atoms with Crippen molar-refractivity contribution in [3.63, 3.8) is 0 Å². The van der Waals surface area contributed by atoms with Crippen LogP contribution < -0.4 is 0 Å². The van der Waals surface area contributed by atoms with Gasteiger partial charge in [-0.1, -0.05) is 20.8 Å². The molecule has 1 amide bonds. The van der Waals surface area contributed by atoms with Crippen LogP contribution in [0.25, 0.3) is 0 Å². The smallest absolute Gasteiger partial charge is 0.311 e. The molecule has 0 radical (unpaired) electrons. The molecule has 0 aromatic carbocycles. The van der Waals surface area contributed by atoms with E-state index in [4.69, 9.17) is 0 Å². The molecule has 0 aliphatic carbocycles. The number of carbonyl (C=O) groups is 3. The van der Waals surface area contributed by atoms with Crippen LogP contribution in [0.2, 0.25) is 0 Å². The zero-order valence-electron chi connectivity index (χ0n) is 15.0. The second-order valence-electron chi connectivity index (χ2n) is 6.98. The zero-order chi connectivity index (χ0) is 18.2. The van der Waals surface area contributed by atoms with Gasteiger partial charge in [-0.2, -0.15) is 0 Å². The van der Waals surface area contributed by atoms with Gasteiger partial charge in [-0.15, -0.1) is 0 Å². The van der Waals surface area contributed by atoms with Gasteiger partial charge in [0, 0.05) is 24.3 Å². The van der Waals surface area contributed by atoms with Crippen molar-refractivity contribution in [3.8, 4) is 0 Å². The molecule has 0 spiro atoms. The van der Waals surface area contributed by atoms with Crippen molar-refractivity contribution >= 4 is 17.7 Å². The van der Waals surface area contributed by atoms with Crippen molar-refractivity contribution in [2.45, 2.75) is 47.5 Å². The lowest BCUT2D eigenvalue weighted by Crippen LogP contribution is -2.40. The third-order valence-corrected chi connectivity index (χ3v) is 5.33. The van der Waals surface area contributed by atoms with Crippen LogP contribution in [0.5, 0.6) is 0 Å². The molecule has 1 atom stereocenters. The van der Waals surface area contributed by atoms with Gasteiger partial charge in [-0.25, -0.2) is 0 Å². The van der Waals surface area contributed by atoms with Crippen molar-refractivity contribution < 1.29 is 19.5 Å². The summed E-state index contributed by atoms with van der Waals surface area (Å²) in [5.41, 5.74) is 1.52. The summed E-state index contributed by atoms with van der Waals surface area (Å²) in [5.74, 6) is -1.19. The maximum atomic E-state index is 12.9. The number of aromatic amines is 1. The molecule has 1 aromatic rings. The molecule has 2 heterocycles. The summed E-state index contributed by atoms with van der Waals surface area (Å²) in [7, 11) is 0. The van der Waals surface area contributed by atoms with Gasteiger partial charge in [0.05, 0.1) is 5.41 Å². The second kappa shape index (κ2) is 6.42. The predicted molar refractivity (Wildman–Crippen MR) is 90.3 cm³/mol. The summed E-state index contributed by atoms with van der Waals surface area (Å²) in [4.78, 5) is 41.2. The molecule has 132 valence electrons. The number of H-pyrrole nitrogens is 1. The average molecular weight is 334 g/mol. The number of hydrogen-bond acceptors (Lipinski definition) is 3. The van der Waals surface area contributed by atoms with Gasteiger partial charge in [-0.05, 0) is 38.2 Å². The van der Waals surface area contributed by atoms with Crippen LogP contribution in [0, 0.1) is 18.3 Å². The van der Waals surface area contributed by atoms with E-state index in [1.54, 1.807) is 11.8 Å². The third-order valence-electron chi connectivity index (χ3n) is 5.33. The number of nitrogens with zero attached hydrogens (tertiary/aromatic N) is 1. The Bertz CT molecular complexity index is 689. The number of carboxylic acids is 1. The van der Waals surface area contributed by atoms with Gasteiger partial charge in [0.15, 0.2) is 5.78 Å². The lowest BCUT2D eigenvalue weighted by molar-refractivity contribution is -0.150. The quantitative estimate of drug-likeness (QED) is 0.810. The van der Waals surface area contributed by atoms with E-state index in [1.807, 2.05) is 20.8 Å². The molecule has 0 bridgehead atoms. The first-order valence-corrected chi connectivity index (χ1v) is 8.40. The largest absolute Gasteiger partial charge is 0.481 e. The third kappa shape index (κ3) is 2.74. The van der Waals surface area contributed by atoms with Crippen LogP contribution in [0.15, 0.2) is 0 Å². The van der Waals surface area contributed by atoms with Gasteiger partial charge in [0.25, 0.3) is 5.91 Å². The van der Waals surface area contributed by atoms with Crippen LogP contribution in [0.4, 0.5) is 0 Å². The highest BCUT2D eigenvalue weighted by atomic mass is 16.4. The number of amides is 1. The Kier molecular flexibility index (Phi) is 4.87. The van der Waals surface area contributed by atoms with E-state index in [1.165, 1.54) is 6.92 Å². The van der Waals surface area contributed by atoms with E-state index in [0.29, 0.717) is 36.3 Å². The van der Waals surface area contributed by atoms with Crippen molar-refractivity contribution in [1.82, 2.24) is 9.88 Å². The monoisotopic (exact) mass is 334 g/mol. The molecule has 2 N–H and O–H groups in total. The Labute approximate surface area is 142 Å². The number of nitrogens with one attached hydrogen (secondary N) is 1. The molecule has 1 unspecified atom stereocenters. The number of aryl methyl sites for hydroxylation is 1. The SMILES string of the molecule is CCc1c(C(=O)N2CCC(C(=O)O)(C(C)C)C2)[nH]c(C)c1C(C)=O. The number of carboxylic acid groups (broad SMARTS) is 1. The maximum Gasteiger partial charge on any atom is 0.311 e. The topological polar surface area (TPSA) is 90.5 Å². The van der Waals surface area contributed by atoms with Crippen LogP contribution >= 0.6 is 0 Å². The molecule has 1 aliphatic rings. The van der Waals surface area contributed by atoms with Crippen molar-refractivity contribution in [2.75, 3.05) is 13.1 Å². The fourth-order valence-corrected chi connectivity index (χ4v) is 3.75. The van der Waals surface area contributed by atoms with Crippen LogP contribution in [0.1, 0.15) is 66.2 Å². The summed E-state index contributed by atoms with van der Waals surface area (Å²) in [6.45, 7) is 9.57. The number of Topliss-reactive ketones (excluding diaryl/α,β-unsaturated/α-hetero) is 1. The number of rotatable bonds is 5. The molecule has 1 fully saturated rings. The normalized spacial score (nSPS) is 20.7. The number of ketones is 1. The molecule has 6 nitrogen and oxygen atoms in total. The van der Waals surface area contributed by atoms with Crippen molar-refractivity contribution in [1.29, 1.82) is 0 Å². The fourth-order valence-electron chi connectivity index (χ4n) is 3.75. The first-order chi connectivity index (χ1) is 11.2. The van der Waals surface area contributed by atoms with Gasteiger partial charge >= 0.3 is 5.97 Å². The lowest BCUT2D eigenvalue weighted by atomic mass is 9.76. The molecule has 2 rings (SSSR count). The van der Waals surface area contributed by atoms with Gasteiger partial charge < -0.3 is 15.0 Å². The molecule has 6 heteroatoms. The number of likely N-dealkylation sites (tertiary alicyclic amines) is 1. The van der Waals surface area contributed by atoms with Crippen molar-refractivity contribution in [3.05, 3.63) is 22.5 Å². The van der Waals surface area contributed by atoms with Crippen molar-refractivity contribution in [2.24, 2.45) is 11.3 Å². The summed E-state index contributed by atoms with van der Waals surface area (Å²) >= 11 is 0. The van der Waals surface area contributed by atoms with Gasteiger partial charge in [0.1, 0.15) is 5.69 Å². The summed E-state index contributed by atoms with van der Waals surface area (Å²) in [6.07, 6.45) is 1.02. The maximum absolute atomic E-state index is 12.9. The van der Waals surface area contributed by atoms with Gasteiger partial charge in [-0.3, -0.25) is 14.4 Å². The van der Waals surface area contributed by atoms with Gasteiger partial charge in [0.2, 0.25) is 0 Å². The molecule has 0 saturated carbocycles. The van der Waals surface area contributed by atoms with E-state index in [-0.39, 0.29) is 24.2 Å². The van der Waals surface area contributed by atoms with Crippen LogP contribution in [-0.2, 0) is 11.2 Å². The first-order valence-electron chi connectivity index (χ1n) is 8.40. The molecular weight excluding hydrogens is 308 g/mol. The summed E-state index contributed by atoms with van der Waals surface area (Å²) in [6, 6.07) is 0. The molecular formula is C18H26N2O4. The van der Waals surface area contributed by atoms with Crippen LogP contribution in [-0.4, -0.2) is 45.7 Å². The predicted octanol–water partition coefficient (Wildman–Crippen LogP) is 2.66. The van der Waals surface area contributed by atoms with E-state index in [0.717, 1.165) is 5.56 Å². The highest BCUT2D eigenvalue weighted by Crippen LogP contribution is 2.39. The lowest BCUT2D eigenvalue weighted by Gasteiger charge is -2.28. The number of hydrogen-bond donors (Lipinski definition) is 2. The fraction of sp³-hybridized carbons (Fsp3) is 0.611. The van der Waals surface area contributed by atoms with Crippen LogP contribution in [0.3, 0.4) is 0 Å². The highest BCUT2D eigenvalue weighted by molar-refractivity contribution is 6.03. The van der Waals surface area contributed by atoms with E-state index >= 15 is 0 Å². The minimum absolute atomic E-state index is 0.0587. The van der Waals surface area contributed by atoms with E-state index in [9.17, 15) is 19.5 Å². The Balaban J connectivity index is 2.36. The number of carbonyl (C=O) groups excluding carboxylic acids is 2. The molecule has 1 aliphatic heterocycles.